The lowest BCUT2D eigenvalue weighted by Crippen LogP contribution is -2.16. The first-order valence-electron chi connectivity index (χ1n) is 12.4. The fraction of sp³-hybridized carbons (Fsp3) is 0.0714. The third-order valence-corrected chi connectivity index (χ3v) is 8.14. The number of nitrogens with one attached hydrogen (secondary N) is 2. The highest BCUT2D eigenvalue weighted by molar-refractivity contribution is 7.92. The first kappa shape index (κ1) is 27.1. The smallest absolute Gasteiger partial charge is 0.262 e. The van der Waals surface area contributed by atoms with Gasteiger partial charge in [-0.25, -0.2) is 41.5 Å². The van der Waals surface area contributed by atoms with E-state index in [1.807, 2.05) is 0 Å². The lowest BCUT2D eigenvalue weighted by molar-refractivity contribution is 0.283. The number of anilines is 3. The molecule has 0 bridgehead atoms. The molecule has 3 N–H and O–H groups in total. The lowest BCUT2D eigenvalue weighted by Gasteiger charge is -2.15. The maximum absolute atomic E-state index is 15.6. The van der Waals surface area contributed by atoms with Gasteiger partial charge in [-0.1, -0.05) is 18.2 Å². The van der Waals surface area contributed by atoms with Crippen LogP contribution in [0.1, 0.15) is 11.1 Å². The summed E-state index contributed by atoms with van der Waals surface area (Å²) in [6.07, 6.45) is 2.71. The fourth-order valence-electron chi connectivity index (χ4n) is 4.51. The van der Waals surface area contributed by atoms with Crippen LogP contribution in [0.2, 0.25) is 0 Å². The molecule has 6 aromatic rings. The number of nitrogens with zero attached hydrogens (tertiary/aromatic N) is 5. The van der Waals surface area contributed by atoms with Gasteiger partial charge in [-0.05, 0) is 49.4 Å². The molecular formula is C28H20F3N7O3S. The van der Waals surface area contributed by atoms with Crippen LogP contribution in [0.25, 0.3) is 27.9 Å². The van der Waals surface area contributed by atoms with Gasteiger partial charge in [0.05, 0.1) is 33.7 Å². The van der Waals surface area contributed by atoms with E-state index in [0.717, 1.165) is 18.2 Å². The first-order valence-corrected chi connectivity index (χ1v) is 13.9. The number of halogens is 3. The third-order valence-electron chi connectivity index (χ3n) is 6.63. The number of para-hydroxylation sites is 1. The summed E-state index contributed by atoms with van der Waals surface area (Å²) in [4.78, 5) is 16.9. The van der Waals surface area contributed by atoms with Crippen molar-refractivity contribution in [2.24, 2.45) is 0 Å². The highest BCUT2D eigenvalue weighted by Gasteiger charge is 2.23. The molecule has 0 radical (unpaired) electrons. The maximum Gasteiger partial charge on any atom is 0.262 e. The van der Waals surface area contributed by atoms with Crippen molar-refractivity contribution in [3.05, 3.63) is 102 Å². The number of rotatable bonds is 7. The molecular weight excluding hydrogens is 571 g/mol. The van der Waals surface area contributed by atoms with E-state index >= 15 is 4.39 Å². The molecule has 42 heavy (non-hydrogen) atoms. The Morgan fingerprint density at radius 1 is 0.905 bits per heavy atom. The number of benzene rings is 3. The summed E-state index contributed by atoms with van der Waals surface area (Å²) in [7, 11) is -4.42. The van der Waals surface area contributed by atoms with Gasteiger partial charge in [0.1, 0.15) is 41.3 Å². The van der Waals surface area contributed by atoms with Crippen LogP contribution >= 0.6 is 0 Å². The highest BCUT2D eigenvalue weighted by Crippen LogP contribution is 2.32. The van der Waals surface area contributed by atoms with Gasteiger partial charge in [0.25, 0.3) is 10.0 Å². The van der Waals surface area contributed by atoms with Crippen molar-refractivity contribution in [1.29, 1.82) is 0 Å². The second kappa shape index (κ2) is 10.4. The molecule has 0 unspecified atom stereocenters. The number of aliphatic hydroxyl groups excluding tert-OH is 1. The molecule has 6 rings (SSSR count). The largest absolute Gasteiger partial charge is 0.392 e. The number of hydrogen-bond donors (Lipinski definition) is 3. The molecule has 0 aliphatic heterocycles. The van der Waals surface area contributed by atoms with Crippen LogP contribution in [0.15, 0.2) is 78.2 Å². The zero-order valence-corrected chi connectivity index (χ0v) is 22.5. The van der Waals surface area contributed by atoms with Gasteiger partial charge in [0.15, 0.2) is 11.6 Å². The van der Waals surface area contributed by atoms with E-state index < -0.39 is 43.7 Å². The van der Waals surface area contributed by atoms with Crippen LogP contribution in [0.3, 0.4) is 0 Å². The molecule has 0 aliphatic carbocycles. The summed E-state index contributed by atoms with van der Waals surface area (Å²) in [6, 6.07) is 13.9. The minimum absolute atomic E-state index is 0.0545. The Bertz CT molecular complexity index is 2120. The molecule has 0 saturated heterocycles. The number of sulfonamides is 1. The quantitative estimate of drug-likeness (QED) is 0.233. The van der Waals surface area contributed by atoms with Crippen LogP contribution in [-0.2, 0) is 16.6 Å². The molecule has 3 heterocycles. The van der Waals surface area contributed by atoms with Crippen LogP contribution in [0, 0.1) is 24.4 Å². The van der Waals surface area contributed by atoms with Gasteiger partial charge >= 0.3 is 0 Å². The van der Waals surface area contributed by atoms with E-state index in [-0.39, 0.29) is 23.5 Å². The van der Waals surface area contributed by atoms with Crippen molar-refractivity contribution in [2.45, 2.75) is 18.4 Å². The zero-order chi connectivity index (χ0) is 29.6. The predicted octanol–water partition coefficient (Wildman–Crippen LogP) is 5.13. The minimum Gasteiger partial charge on any atom is -0.392 e. The summed E-state index contributed by atoms with van der Waals surface area (Å²) < 4.78 is 74.1. The van der Waals surface area contributed by atoms with Gasteiger partial charge in [-0.3, -0.25) is 9.29 Å². The Balaban J connectivity index is 1.39. The van der Waals surface area contributed by atoms with Gasteiger partial charge < -0.3 is 10.4 Å². The molecule has 212 valence electrons. The average molecular weight is 592 g/mol. The molecule has 0 aliphatic rings. The monoisotopic (exact) mass is 591 g/mol. The van der Waals surface area contributed by atoms with Crippen molar-refractivity contribution < 1.29 is 26.7 Å². The Hall–Kier alpha value is -5.08. The summed E-state index contributed by atoms with van der Waals surface area (Å²) >= 11 is 0. The molecule has 0 spiro atoms. The number of fused-ring (bicyclic) bond motifs is 2. The fourth-order valence-corrected chi connectivity index (χ4v) is 5.82. The van der Waals surface area contributed by atoms with Crippen LogP contribution in [0.4, 0.5) is 30.4 Å². The van der Waals surface area contributed by atoms with Crippen LogP contribution in [-0.4, -0.2) is 38.0 Å². The molecule has 3 aromatic carbocycles. The van der Waals surface area contributed by atoms with E-state index in [1.54, 1.807) is 34.9 Å². The number of hydrogen-bond acceptors (Lipinski definition) is 8. The van der Waals surface area contributed by atoms with Crippen LogP contribution in [0.5, 0.6) is 0 Å². The van der Waals surface area contributed by atoms with Crippen LogP contribution < -0.4 is 10.0 Å². The predicted molar refractivity (Wildman–Crippen MR) is 149 cm³/mol. The van der Waals surface area contributed by atoms with Crippen molar-refractivity contribution in [3.8, 4) is 5.82 Å². The van der Waals surface area contributed by atoms with Gasteiger partial charge in [0.2, 0.25) is 0 Å². The molecule has 3 aromatic heterocycles. The van der Waals surface area contributed by atoms with E-state index in [9.17, 15) is 22.3 Å². The van der Waals surface area contributed by atoms with E-state index in [2.05, 4.69) is 30.0 Å². The standard InChI is InChI=1S/C28H20F3N7O3S/c1-15-17(29)5-3-7-22(15)42(40,41)37-19-9-8-18(30)26(24(19)31)36-28-27-20(32-13-33-28)10-11-23(35-27)38-14-34-25-16(12-39)4-2-6-21(25)38/h2-11,13-14,37,39H,12H2,1H3,(H,32,33,36). The molecule has 0 amide bonds. The molecule has 0 saturated carbocycles. The van der Waals surface area contributed by atoms with Crippen molar-refractivity contribution in [3.63, 3.8) is 0 Å². The molecule has 10 nitrogen and oxygen atoms in total. The molecule has 14 heteroatoms. The summed E-state index contributed by atoms with van der Waals surface area (Å²) in [5.74, 6) is -2.70. The third kappa shape index (κ3) is 4.65. The zero-order valence-electron chi connectivity index (χ0n) is 21.7. The first-order chi connectivity index (χ1) is 20.2. The Morgan fingerprint density at radius 2 is 1.71 bits per heavy atom. The number of aliphatic hydroxyl groups is 1. The van der Waals surface area contributed by atoms with Gasteiger partial charge in [0, 0.05) is 11.1 Å². The Labute approximate surface area is 236 Å². The summed E-state index contributed by atoms with van der Waals surface area (Å²) in [6.45, 7) is 1.08. The number of pyridine rings is 1. The number of imidazole rings is 1. The van der Waals surface area contributed by atoms with Crippen molar-refractivity contribution in [1.82, 2.24) is 24.5 Å². The Kier molecular flexibility index (Phi) is 6.71. The Morgan fingerprint density at radius 3 is 2.52 bits per heavy atom. The minimum atomic E-state index is -4.42. The molecule has 0 fully saturated rings. The van der Waals surface area contributed by atoms with Crippen molar-refractivity contribution >= 4 is 49.3 Å². The lowest BCUT2D eigenvalue weighted by atomic mass is 10.2. The van der Waals surface area contributed by atoms with Gasteiger partial charge in [-0.2, -0.15) is 0 Å². The van der Waals surface area contributed by atoms with E-state index in [4.69, 9.17) is 0 Å². The summed E-state index contributed by atoms with van der Waals surface area (Å²) in [5, 5.41) is 12.2. The van der Waals surface area contributed by atoms with E-state index in [0.29, 0.717) is 27.9 Å². The highest BCUT2D eigenvalue weighted by atomic mass is 32.2. The van der Waals surface area contributed by atoms with Crippen molar-refractivity contribution in [2.75, 3.05) is 10.0 Å². The average Bonchev–Trinajstić information content (AvgIpc) is 3.42. The maximum atomic E-state index is 15.6. The number of aromatic nitrogens is 5. The molecule has 0 atom stereocenters. The SMILES string of the molecule is Cc1c(F)cccc1S(=O)(=O)Nc1ccc(F)c(Nc2ncnc3ccc(-n4cnc5c(CO)cccc54)nc23)c1F. The van der Waals surface area contributed by atoms with Gasteiger partial charge in [-0.15, -0.1) is 0 Å². The van der Waals surface area contributed by atoms with E-state index in [1.165, 1.54) is 31.7 Å². The second-order valence-electron chi connectivity index (χ2n) is 9.19. The topological polar surface area (TPSA) is 135 Å². The second-order valence-corrected chi connectivity index (χ2v) is 10.8. The normalized spacial score (nSPS) is 11.7. The summed E-state index contributed by atoms with van der Waals surface area (Å²) in [5.41, 5.74) is 0.987.